The Labute approximate surface area is 149 Å². The van der Waals surface area contributed by atoms with E-state index >= 15 is 0 Å². The molecule has 4 rings (SSSR count). The van der Waals surface area contributed by atoms with Crippen molar-refractivity contribution in [1.29, 1.82) is 0 Å². The lowest BCUT2D eigenvalue weighted by Gasteiger charge is -2.10. The highest BCUT2D eigenvalue weighted by Gasteiger charge is 2.17. The van der Waals surface area contributed by atoms with Crippen LogP contribution in [-0.2, 0) is 6.42 Å². The average molecular weight is 351 g/mol. The Kier molecular flexibility index (Phi) is 4.15. The van der Waals surface area contributed by atoms with E-state index in [9.17, 15) is 0 Å². The molecule has 1 atom stereocenters. The molecule has 0 aliphatic carbocycles. The van der Waals surface area contributed by atoms with Crippen molar-refractivity contribution in [2.45, 2.75) is 26.3 Å². The summed E-state index contributed by atoms with van der Waals surface area (Å²) in [5, 5.41) is 8.51. The van der Waals surface area contributed by atoms with E-state index in [1.54, 1.807) is 17.7 Å². The fraction of sp³-hybridized carbons (Fsp3) is 0.222. The van der Waals surface area contributed by atoms with Crippen LogP contribution in [0.5, 0.6) is 0 Å². The maximum Gasteiger partial charge on any atom is 0.257 e. The molecule has 0 spiro atoms. The number of benzene rings is 1. The smallest absolute Gasteiger partial charge is 0.257 e. The molecule has 0 aliphatic heterocycles. The van der Waals surface area contributed by atoms with Crippen LogP contribution < -0.4 is 5.32 Å². The number of aryl methyl sites for hydroxylation is 1. The van der Waals surface area contributed by atoms with Crippen LogP contribution in [0.4, 0.5) is 5.82 Å². The molecule has 126 valence electrons. The Bertz CT molecular complexity index is 995. The van der Waals surface area contributed by atoms with Crippen molar-refractivity contribution < 1.29 is 4.52 Å². The number of fused-ring (bicyclic) bond motifs is 1. The number of hydrogen-bond donors (Lipinski definition) is 1. The Balaban J connectivity index is 1.59. The number of nitrogens with zero attached hydrogens (tertiary/aromatic N) is 4. The van der Waals surface area contributed by atoms with Crippen LogP contribution in [0.25, 0.3) is 21.7 Å². The van der Waals surface area contributed by atoms with E-state index in [0.717, 1.165) is 28.0 Å². The third-order valence-electron chi connectivity index (χ3n) is 3.93. The second-order valence-corrected chi connectivity index (χ2v) is 6.81. The second-order valence-electron chi connectivity index (χ2n) is 5.70. The van der Waals surface area contributed by atoms with Crippen molar-refractivity contribution in [2.75, 3.05) is 5.32 Å². The van der Waals surface area contributed by atoms with Crippen molar-refractivity contribution in [3.8, 4) is 11.5 Å². The van der Waals surface area contributed by atoms with Crippen molar-refractivity contribution in [3.63, 3.8) is 0 Å². The van der Waals surface area contributed by atoms with Gasteiger partial charge < -0.3 is 9.84 Å². The Morgan fingerprint density at radius 3 is 2.84 bits per heavy atom. The highest BCUT2D eigenvalue weighted by molar-refractivity contribution is 7.18. The minimum Gasteiger partial charge on any atom is -0.360 e. The van der Waals surface area contributed by atoms with E-state index < -0.39 is 0 Å². The summed E-state index contributed by atoms with van der Waals surface area (Å²) in [6, 6.07) is 11.7. The SMILES string of the molecule is CCc1cc2c(NC(C)c3noc(-c4ccccc4)n3)ncnc2s1. The molecule has 1 N–H and O–H groups in total. The first-order chi connectivity index (χ1) is 12.2. The predicted octanol–water partition coefficient (Wildman–Crippen LogP) is 4.48. The van der Waals surface area contributed by atoms with Crippen LogP contribution in [0.15, 0.2) is 47.2 Å². The van der Waals surface area contributed by atoms with E-state index in [1.807, 2.05) is 37.3 Å². The minimum atomic E-state index is -0.135. The zero-order valence-corrected chi connectivity index (χ0v) is 14.7. The molecule has 1 unspecified atom stereocenters. The molecule has 0 saturated heterocycles. The molecule has 7 heteroatoms. The standard InChI is InChI=1S/C18H17N5OS/c1-3-13-9-14-16(19-10-20-18(14)25-13)21-11(2)15-22-17(24-23-15)12-7-5-4-6-8-12/h4-11H,3H2,1-2H3,(H,19,20,21). The van der Waals surface area contributed by atoms with Crippen LogP contribution >= 0.6 is 11.3 Å². The summed E-state index contributed by atoms with van der Waals surface area (Å²) in [5.41, 5.74) is 0.906. The van der Waals surface area contributed by atoms with Crippen molar-refractivity contribution in [2.24, 2.45) is 0 Å². The Morgan fingerprint density at radius 2 is 2.04 bits per heavy atom. The number of thiophene rings is 1. The molecular formula is C18H17N5OS. The molecule has 3 aromatic heterocycles. The first-order valence-corrected chi connectivity index (χ1v) is 8.95. The fourth-order valence-electron chi connectivity index (χ4n) is 2.57. The molecular weight excluding hydrogens is 334 g/mol. The third kappa shape index (κ3) is 3.10. The van der Waals surface area contributed by atoms with Gasteiger partial charge in [-0.15, -0.1) is 11.3 Å². The monoisotopic (exact) mass is 351 g/mol. The van der Waals surface area contributed by atoms with Gasteiger partial charge in [0, 0.05) is 10.4 Å². The van der Waals surface area contributed by atoms with Crippen LogP contribution in [0.3, 0.4) is 0 Å². The average Bonchev–Trinajstić information content (AvgIpc) is 3.30. The van der Waals surface area contributed by atoms with E-state index in [4.69, 9.17) is 4.52 Å². The van der Waals surface area contributed by atoms with Gasteiger partial charge in [0.2, 0.25) is 0 Å². The van der Waals surface area contributed by atoms with Gasteiger partial charge in [-0.1, -0.05) is 30.3 Å². The quantitative estimate of drug-likeness (QED) is 0.571. The molecule has 0 radical (unpaired) electrons. The highest BCUT2D eigenvalue weighted by Crippen LogP contribution is 2.30. The molecule has 0 saturated carbocycles. The lowest BCUT2D eigenvalue weighted by molar-refractivity contribution is 0.420. The normalized spacial score (nSPS) is 12.4. The summed E-state index contributed by atoms with van der Waals surface area (Å²) in [6.45, 7) is 4.12. The van der Waals surface area contributed by atoms with Crippen LogP contribution in [0.2, 0.25) is 0 Å². The maximum absolute atomic E-state index is 5.39. The molecule has 25 heavy (non-hydrogen) atoms. The van der Waals surface area contributed by atoms with Crippen LogP contribution in [-0.4, -0.2) is 20.1 Å². The third-order valence-corrected chi connectivity index (χ3v) is 5.12. The second kappa shape index (κ2) is 6.60. The van der Waals surface area contributed by atoms with Gasteiger partial charge >= 0.3 is 0 Å². The zero-order chi connectivity index (χ0) is 17.2. The van der Waals surface area contributed by atoms with Gasteiger partial charge in [0.1, 0.15) is 17.0 Å². The van der Waals surface area contributed by atoms with Gasteiger partial charge in [-0.25, -0.2) is 9.97 Å². The van der Waals surface area contributed by atoms with E-state index in [1.165, 1.54) is 4.88 Å². The van der Waals surface area contributed by atoms with Gasteiger partial charge in [0.25, 0.3) is 5.89 Å². The van der Waals surface area contributed by atoms with Crippen molar-refractivity contribution in [3.05, 3.63) is 53.4 Å². The lowest BCUT2D eigenvalue weighted by Crippen LogP contribution is -2.09. The molecule has 6 nitrogen and oxygen atoms in total. The van der Waals surface area contributed by atoms with Gasteiger partial charge in [0.05, 0.1) is 11.4 Å². The van der Waals surface area contributed by atoms with Crippen molar-refractivity contribution in [1.82, 2.24) is 20.1 Å². The molecule has 4 aromatic rings. The van der Waals surface area contributed by atoms with Crippen LogP contribution in [0.1, 0.15) is 30.6 Å². The summed E-state index contributed by atoms with van der Waals surface area (Å²) in [5.74, 6) is 1.90. The molecule has 0 fully saturated rings. The van der Waals surface area contributed by atoms with Crippen molar-refractivity contribution >= 4 is 27.4 Å². The number of nitrogens with one attached hydrogen (secondary N) is 1. The molecule has 3 heterocycles. The summed E-state index contributed by atoms with van der Waals surface area (Å²) < 4.78 is 5.39. The van der Waals surface area contributed by atoms with E-state index in [2.05, 4.69) is 38.4 Å². The predicted molar refractivity (Wildman–Crippen MR) is 98.6 cm³/mol. The van der Waals surface area contributed by atoms with E-state index in [-0.39, 0.29) is 6.04 Å². The first-order valence-electron chi connectivity index (χ1n) is 8.13. The lowest BCUT2D eigenvalue weighted by atomic mass is 10.2. The number of hydrogen-bond acceptors (Lipinski definition) is 7. The van der Waals surface area contributed by atoms with Gasteiger partial charge in [-0.3, -0.25) is 0 Å². The van der Waals surface area contributed by atoms with Gasteiger partial charge in [-0.05, 0) is 31.5 Å². The largest absolute Gasteiger partial charge is 0.360 e. The Hall–Kier alpha value is -2.80. The molecule has 1 aromatic carbocycles. The number of aromatic nitrogens is 4. The Morgan fingerprint density at radius 1 is 1.20 bits per heavy atom. The molecule has 0 amide bonds. The topological polar surface area (TPSA) is 76.7 Å². The zero-order valence-electron chi connectivity index (χ0n) is 13.9. The molecule has 0 bridgehead atoms. The molecule has 0 aliphatic rings. The fourth-order valence-corrected chi connectivity index (χ4v) is 3.51. The first kappa shape index (κ1) is 15.7. The summed E-state index contributed by atoms with van der Waals surface area (Å²) in [4.78, 5) is 15.5. The number of anilines is 1. The number of rotatable bonds is 5. The highest BCUT2D eigenvalue weighted by atomic mass is 32.1. The van der Waals surface area contributed by atoms with Gasteiger partial charge in [-0.2, -0.15) is 4.98 Å². The van der Waals surface area contributed by atoms with Crippen LogP contribution in [0, 0.1) is 0 Å². The van der Waals surface area contributed by atoms with E-state index in [0.29, 0.717) is 11.7 Å². The maximum atomic E-state index is 5.39. The summed E-state index contributed by atoms with van der Waals surface area (Å²) in [6.07, 6.45) is 2.57. The summed E-state index contributed by atoms with van der Waals surface area (Å²) >= 11 is 1.69. The van der Waals surface area contributed by atoms with Gasteiger partial charge in [0.15, 0.2) is 5.82 Å². The summed E-state index contributed by atoms with van der Waals surface area (Å²) in [7, 11) is 0. The minimum absolute atomic E-state index is 0.135.